The Kier molecular flexibility index (Phi) is 14.4. The molecule has 0 atom stereocenters. The summed E-state index contributed by atoms with van der Waals surface area (Å²) in [5.74, 6) is -3.87. The number of rotatable bonds is 16. The molecule has 8 nitrogen and oxygen atoms in total. The topological polar surface area (TPSA) is 116 Å². The van der Waals surface area contributed by atoms with Crippen LogP contribution in [0.15, 0.2) is 11.1 Å². The Morgan fingerprint density at radius 3 is 1.81 bits per heavy atom. The van der Waals surface area contributed by atoms with Crippen molar-refractivity contribution in [2.45, 2.75) is 85.5 Å². The molecule has 0 aliphatic carbocycles. The van der Waals surface area contributed by atoms with Gasteiger partial charge in [0.2, 0.25) is 0 Å². The van der Waals surface area contributed by atoms with E-state index in [0.717, 1.165) is 19.8 Å². The quantitative estimate of drug-likeness (QED) is 0.164. The number of carbonyl (C=O) groups is 4. The first-order chi connectivity index (χ1) is 14.7. The third-order valence-electron chi connectivity index (χ3n) is 5.09. The molecule has 0 amide bonds. The zero-order chi connectivity index (χ0) is 23.9. The molecule has 0 saturated heterocycles. The Morgan fingerprint density at radius 2 is 1.39 bits per heavy atom. The molecule has 0 aromatic carbocycles. The van der Waals surface area contributed by atoms with Gasteiger partial charge in [0.1, 0.15) is 12.0 Å². The average molecular weight is 443 g/mol. The number of carbonyl (C=O) groups excluding carboxylic acids is 3. The smallest absolute Gasteiger partial charge is 0.342 e. The fourth-order valence-electron chi connectivity index (χ4n) is 3.42. The first kappa shape index (κ1) is 28.8. The van der Waals surface area contributed by atoms with Crippen molar-refractivity contribution in [2.75, 3.05) is 20.3 Å². The number of hydrogen-bond acceptors (Lipinski definition) is 7. The van der Waals surface area contributed by atoms with Gasteiger partial charge in [-0.3, -0.25) is 9.59 Å². The van der Waals surface area contributed by atoms with Gasteiger partial charge in [-0.1, -0.05) is 52.9 Å². The molecule has 1 N–H and O–H groups in total. The molecule has 0 rings (SSSR count). The van der Waals surface area contributed by atoms with Gasteiger partial charge in [0.25, 0.3) is 0 Å². The molecule has 0 saturated carbocycles. The van der Waals surface area contributed by atoms with E-state index in [1.54, 1.807) is 0 Å². The van der Waals surface area contributed by atoms with Crippen molar-refractivity contribution in [1.82, 2.24) is 0 Å². The largest absolute Gasteiger partial charge is 0.481 e. The maximum absolute atomic E-state index is 13.2. The maximum atomic E-state index is 13.2. The Labute approximate surface area is 185 Å². The molecular formula is C23H38O8. The molecule has 0 heterocycles. The minimum Gasteiger partial charge on any atom is -0.481 e. The molecule has 0 fully saturated rings. The third-order valence-corrected chi connectivity index (χ3v) is 5.09. The number of esters is 3. The molecular weight excluding hydrogens is 404 g/mol. The van der Waals surface area contributed by atoms with Gasteiger partial charge in [0.05, 0.1) is 12.2 Å². The van der Waals surface area contributed by atoms with Gasteiger partial charge in [0, 0.05) is 19.6 Å². The van der Waals surface area contributed by atoms with Crippen molar-refractivity contribution in [2.24, 2.45) is 5.41 Å². The third kappa shape index (κ3) is 9.21. The summed E-state index contributed by atoms with van der Waals surface area (Å²) in [6, 6.07) is 0. The summed E-state index contributed by atoms with van der Waals surface area (Å²) in [4.78, 5) is 50.1. The van der Waals surface area contributed by atoms with E-state index in [1.807, 2.05) is 20.8 Å². The number of hydrogen-bond donors (Lipinski definition) is 1. The van der Waals surface area contributed by atoms with Crippen LogP contribution < -0.4 is 0 Å². The van der Waals surface area contributed by atoms with Crippen LogP contribution in [0.1, 0.15) is 85.5 Å². The van der Waals surface area contributed by atoms with Crippen LogP contribution in [0.2, 0.25) is 0 Å². The van der Waals surface area contributed by atoms with E-state index in [-0.39, 0.29) is 43.6 Å². The van der Waals surface area contributed by atoms with Crippen molar-refractivity contribution in [3.05, 3.63) is 11.1 Å². The van der Waals surface area contributed by atoms with Gasteiger partial charge in [-0.2, -0.15) is 0 Å². The summed E-state index contributed by atoms with van der Waals surface area (Å²) in [5, 5.41) is 10.3. The lowest BCUT2D eigenvalue weighted by Crippen LogP contribution is -2.39. The highest BCUT2D eigenvalue weighted by molar-refractivity contribution is 6.07. The van der Waals surface area contributed by atoms with Crippen molar-refractivity contribution in [3.8, 4) is 0 Å². The van der Waals surface area contributed by atoms with Crippen LogP contribution >= 0.6 is 0 Å². The van der Waals surface area contributed by atoms with Crippen molar-refractivity contribution in [3.63, 3.8) is 0 Å². The highest BCUT2D eigenvalue weighted by Gasteiger charge is 2.47. The average Bonchev–Trinajstić information content (AvgIpc) is 2.71. The number of ether oxygens (including phenoxy) is 3. The number of unbranched alkanes of at least 4 members (excludes halogenated alkanes) is 3. The predicted molar refractivity (Wildman–Crippen MR) is 115 cm³/mol. The first-order valence-electron chi connectivity index (χ1n) is 11.1. The molecule has 178 valence electrons. The van der Waals surface area contributed by atoms with Gasteiger partial charge < -0.3 is 19.3 Å². The molecule has 0 aliphatic heterocycles. The van der Waals surface area contributed by atoms with Gasteiger partial charge in [-0.05, 0) is 25.7 Å². The second kappa shape index (κ2) is 15.6. The molecule has 0 unspecified atom stereocenters. The van der Waals surface area contributed by atoms with Crippen molar-refractivity contribution >= 4 is 23.9 Å². The summed E-state index contributed by atoms with van der Waals surface area (Å²) in [5.41, 5.74) is -1.89. The summed E-state index contributed by atoms with van der Waals surface area (Å²) < 4.78 is 15.0. The summed E-state index contributed by atoms with van der Waals surface area (Å²) in [6.45, 7) is 6.89. The lowest BCUT2D eigenvalue weighted by atomic mass is 9.70. The lowest BCUT2D eigenvalue weighted by molar-refractivity contribution is -0.156. The van der Waals surface area contributed by atoms with Crippen LogP contribution in [-0.4, -0.2) is 49.3 Å². The van der Waals surface area contributed by atoms with Crippen LogP contribution in [-0.2, 0) is 33.4 Å². The van der Waals surface area contributed by atoms with Crippen molar-refractivity contribution in [1.29, 1.82) is 0 Å². The van der Waals surface area contributed by atoms with Crippen LogP contribution in [0.3, 0.4) is 0 Å². The van der Waals surface area contributed by atoms with E-state index in [4.69, 9.17) is 14.2 Å². The minimum absolute atomic E-state index is 0.0844. The molecule has 0 aromatic heterocycles. The normalized spacial score (nSPS) is 12.2. The number of methoxy groups -OCH3 is 1. The second-order valence-electron chi connectivity index (χ2n) is 7.56. The van der Waals surface area contributed by atoms with Crippen LogP contribution in [0.4, 0.5) is 0 Å². The van der Waals surface area contributed by atoms with E-state index in [1.165, 1.54) is 7.11 Å². The van der Waals surface area contributed by atoms with E-state index in [9.17, 15) is 24.3 Å². The fourth-order valence-corrected chi connectivity index (χ4v) is 3.42. The second-order valence-corrected chi connectivity index (χ2v) is 7.56. The van der Waals surface area contributed by atoms with E-state index >= 15 is 0 Å². The fraction of sp³-hybridized carbons (Fsp3) is 0.739. The van der Waals surface area contributed by atoms with E-state index in [2.05, 4.69) is 0 Å². The zero-order valence-electron chi connectivity index (χ0n) is 19.6. The van der Waals surface area contributed by atoms with Gasteiger partial charge >= 0.3 is 23.9 Å². The molecule has 0 radical (unpaired) electrons. The molecule has 0 bridgehead atoms. The van der Waals surface area contributed by atoms with E-state index in [0.29, 0.717) is 25.7 Å². The highest BCUT2D eigenvalue weighted by Crippen LogP contribution is 2.42. The molecule has 8 heteroatoms. The standard InChI is InChI=1S/C23H38O8/c1-6-9-12-18(20(25)31-17(4)24)19(21(26)30-16-15-29-5)23(22(27)28,13-10-7-2)14-11-8-3/h6-16H2,1-5H3,(H,27,28). The van der Waals surface area contributed by atoms with Gasteiger partial charge in [-0.25, -0.2) is 9.59 Å². The Morgan fingerprint density at radius 1 is 0.839 bits per heavy atom. The molecule has 31 heavy (non-hydrogen) atoms. The maximum Gasteiger partial charge on any atom is 0.342 e. The number of carboxylic acid groups (broad SMARTS) is 1. The monoisotopic (exact) mass is 442 g/mol. The van der Waals surface area contributed by atoms with Crippen molar-refractivity contribution < 1.29 is 38.5 Å². The summed E-state index contributed by atoms with van der Waals surface area (Å²) in [6.07, 6.45) is 4.23. The number of aliphatic carboxylic acids is 1. The van der Waals surface area contributed by atoms with E-state index < -0.39 is 29.3 Å². The highest BCUT2D eigenvalue weighted by atomic mass is 16.6. The first-order valence-corrected chi connectivity index (χ1v) is 11.1. The SMILES string of the molecule is CCCCC(C(=O)OC(C)=O)=C(C(=O)OCCOC)C(CCCC)(CCCC)C(=O)O. The van der Waals surface area contributed by atoms with Gasteiger partial charge in [-0.15, -0.1) is 0 Å². The van der Waals surface area contributed by atoms with Crippen LogP contribution in [0, 0.1) is 5.41 Å². The Hall–Kier alpha value is -2.22. The zero-order valence-corrected chi connectivity index (χ0v) is 19.6. The summed E-state index contributed by atoms with van der Waals surface area (Å²) in [7, 11) is 1.45. The molecule has 0 aromatic rings. The van der Waals surface area contributed by atoms with Crippen LogP contribution in [0.5, 0.6) is 0 Å². The summed E-state index contributed by atoms with van der Waals surface area (Å²) >= 11 is 0. The molecule has 0 aliphatic rings. The molecule has 0 spiro atoms. The lowest BCUT2D eigenvalue weighted by Gasteiger charge is -2.33. The number of carboxylic acids is 1. The minimum atomic E-state index is -1.60. The van der Waals surface area contributed by atoms with Gasteiger partial charge in [0.15, 0.2) is 0 Å². The Balaban J connectivity index is 6.84. The van der Waals surface area contributed by atoms with Crippen LogP contribution in [0.25, 0.3) is 0 Å². The predicted octanol–water partition coefficient (Wildman–Crippen LogP) is 4.20. The Bertz CT molecular complexity index is 627.